The van der Waals surface area contributed by atoms with Crippen molar-refractivity contribution >= 4 is 12.2 Å². The number of aryl methyl sites for hydroxylation is 1. The predicted octanol–water partition coefficient (Wildman–Crippen LogP) is 4.42. The summed E-state index contributed by atoms with van der Waals surface area (Å²) in [6.07, 6.45) is 5.39. The van der Waals surface area contributed by atoms with Crippen LogP contribution < -0.4 is 0 Å². The third-order valence-electron chi connectivity index (χ3n) is 2.66. The van der Waals surface area contributed by atoms with Gasteiger partial charge in [-0.05, 0) is 23.1 Å². The highest BCUT2D eigenvalue weighted by Crippen LogP contribution is 2.09. The molecule has 0 heterocycles. The van der Waals surface area contributed by atoms with Crippen molar-refractivity contribution < 1.29 is 0 Å². The average Bonchev–Trinajstić information content (AvgIpc) is 2.38. The second-order valence-corrected chi connectivity index (χ2v) is 3.84. The average molecular weight is 208 g/mol. The zero-order valence-electron chi connectivity index (χ0n) is 9.56. The number of benzene rings is 2. The summed E-state index contributed by atoms with van der Waals surface area (Å²) in [6, 6.07) is 19.1. The van der Waals surface area contributed by atoms with Crippen LogP contribution in [0, 0.1) is 0 Å². The van der Waals surface area contributed by atoms with Gasteiger partial charge in [0, 0.05) is 0 Å². The van der Waals surface area contributed by atoms with Crippen molar-refractivity contribution in [1.29, 1.82) is 0 Å². The topological polar surface area (TPSA) is 0 Å². The zero-order valence-corrected chi connectivity index (χ0v) is 9.56. The van der Waals surface area contributed by atoms with Crippen molar-refractivity contribution in [3.05, 3.63) is 71.3 Å². The molecule has 0 heteroatoms. The van der Waals surface area contributed by atoms with Gasteiger partial charge < -0.3 is 0 Å². The van der Waals surface area contributed by atoms with E-state index in [1.807, 2.05) is 6.07 Å². The Balaban J connectivity index is 2.12. The van der Waals surface area contributed by atoms with E-state index in [2.05, 4.69) is 67.6 Å². The Morgan fingerprint density at radius 1 is 0.750 bits per heavy atom. The summed E-state index contributed by atoms with van der Waals surface area (Å²) >= 11 is 0. The molecular formula is C16H16. The lowest BCUT2D eigenvalue weighted by Crippen LogP contribution is -1.79. The molecule has 0 bridgehead atoms. The minimum absolute atomic E-state index is 1.10. The Kier molecular flexibility index (Phi) is 3.55. The monoisotopic (exact) mass is 208 g/mol. The molecule has 2 aromatic rings. The quantitative estimate of drug-likeness (QED) is 0.655. The van der Waals surface area contributed by atoms with Crippen LogP contribution in [0.5, 0.6) is 0 Å². The lowest BCUT2D eigenvalue weighted by atomic mass is 10.1. The van der Waals surface area contributed by atoms with Crippen molar-refractivity contribution in [3.63, 3.8) is 0 Å². The maximum Gasteiger partial charge on any atom is -0.0256 e. The lowest BCUT2D eigenvalue weighted by Gasteiger charge is -1.97. The van der Waals surface area contributed by atoms with Gasteiger partial charge in [-0.2, -0.15) is 0 Å². The molecule has 0 aliphatic heterocycles. The van der Waals surface area contributed by atoms with Gasteiger partial charge in [0.05, 0.1) is 0 Å². The summed E-state index contributed by atoms with van der Waals surface area (Å²) in [6.45, 7) is 2.18. The first-order valence-corrected chi connectivity index (χ1v) is 5.70. The number of hydrogen-bond acceptors (Lipinski definition) is 0. The highest BCUT2D eigenvalue weighted by Gasteiger charge is 1.89. The second kappa shape index (κ2) is 5.32. The molecule has 0 atom stereocenters. The molecule has 0 aromatic heterocycles. The predicted molar refractivity (Wildman–Crippen MR) is 71.2 cm³/mol. The molecule has 0 radical (unpaired) electrons. The minimum atomic E-state index is 1.10. The molecule has 0 N–H and O–H groups in total. The van der Waals surface area contributed by atoms with Gasteiger partial charge in [0.15, 0.2) is 0 Å². The van der Waals surface area contributed by atoms with Crippen LogP contribution in [-0.4, -0.2) is 0 Å². The fourth-order valence-electron chi connectivity index (χ4n) is 1.62. The Bertz CT molecular complexity index is 449. The van der Waals surface area contributed by atoms with Crippen molar-refractivity contribution in [3.8, 4) is 0 Å². The first kappa shape index (κ1) is 10.7. The van der Waals surface area contributed by atoms with Crippen LogP contribution in [0.2, 0.25) is 0 Å². The molecule has 80 valence electrons. The summed E-state index contributed by atoms with van der Waals surface area (Å²) < 4.78 is 0. The van der Waals surface area contributed by atoms with Gasteiger partial charge in [0.2, 0.25) is 0 Å². The standard InChI is InChI=1S/C16H16/c1-2-14-8-10-16(11-9-14)13-12-15-6-4-3-5-7-15/h3-13H,2H2,1H3/b13-12-. The van der Waals surface area contributed by atoms with Crippen LogP contribution >= 0.6 is 0 Å². The molecule has 0 fully saturated rings. The molecule has 0 nitrogen and oxygen atoms in total. The van der Waals surface area contributed by atoms with E-state index >= 15 is 0 Å². The Hall–Kier alpha value is -1.82. The van der Waals surface area contributed by atoms with Gasteiger partial charge in [-0.15, -0.1) is 0 Å². The summed E-state index contributed by atoms with van der Waals surface area (Å²) in [5.74, 6) is 0. The second-order valence-electron chi connectivity index (χ2n) is 3.84. The van der Waals surface area contributed by atoms with E-state index in [9.17, 15) is 0 Å². The fourth-order valence-corrected chi connectivity index (χ4v) is 1.62. The molecule has 0 aliphatic rings. The molecule has 0 saturated heterocycles. The first-order valence-electron chi connectivity index (χ1n) is 5.70. The summed E-state index contributed by atoms with van der Waals surface area (Å²) in [7, 11) is 0. The Labute approximate surface area is 97.3 Å². The SMILES string of the molecule is CCc1ccc(/C=C\c2ccccc2)cc1. The van der Waals surface area contributed by atoms with Gasteiger partial charge in [-0.25, -0.2) is 0 Å². The van der Waals surface area contributed by atoms with E-state index in [1.54, 1.807) is 0 Å². The number of hydrogen-bond donors (Lipinski definition) is 0. The van der Waals surface area contributed by atoms with Gasteiger partial charge in [-0.1, -0.05) is 73.7 Å². The maximum atomic E-state index is 2.19. The highest BCUT2D eigenvalue weighted by atomic mass is 13.9. The van der Waals surface area contributed by atoms with Gasteiger partial charge in [0.25, 0.3) is 0 Å². The summed E-state index contributed by atoms with van der Waals surface area (Å²) in [5.41, 5.74) is 3.87. The molecular weight excluding hydrogens is 192 g/mol. The molecule has 16 heavy (non-hydrogen) atoms. The Morgan fingerprint density at radius 2 is 1.31 bits per heavy atom. The smallest absolute Gasteiger partial charge is 0.0256 e. The van der Waals surface area contributed by atoms with E-state index in [4.69, 9.17) is 0 Å². The van der Waals surface area contributed by atoms with Crippen LogP contribution in [0.3, 0.4) is 0 Å². The molecule has 0 saturated carbocycles. The molecule has 2 aromatic carbocycles. The van der Waals surface area contributed by atoms with Crippen LogP contribution in [0.15, 0.2) is 54.6 Å². The third kappa shape index (κ3) is 2.83. The van der Waals surface area contributed by atoms with Crippen LogP contribution in [0.25, 0.3) is 12.2 Å². The van der Waals surface area contributed by atoms with Crippen molar-refractivity contribution in [2.24, 2.45) is 0 Å². The maximum absolute atomic E-state index is 2.19. The van der Waals surface area contributed by atoms with E-state index < -0.39 is 0 Å². The molecule has 0 aliphatic carbocycles. The van der Waals surface area contributed by atoms with Gasteiger partial charge in [-0.3, -0.25) is 0 Å². The van der Waals surface area contributed by atoms with E-state index in [0.717, 1.165) is 6.42 Å². The molecule has 0 spiro atoms. The van der Waals surface area contributed by atoms with Crippen molar-refractivity contribution in [1.82, 2.24) is 0 Å². The molecule has 0 unspecified atom stereocenters. The number of rotatable bonds is 3. The van der Waals surface area contributed by atoms with Crippen LogP contribution in [0.4, 0.5) is 0 Å². The van der Waals surface area contributed by atoms with Crippen LogP contribution in [0.1, 0.15) is 23.6 Å². The van der Waals surface area contributed by atoms with Crippen molar-refractivity contribution in [2.45, 2.75) is 13.3 Å². The highest BCUT2D eigenvalue weighted by molar-refractivity contribution is 5.69. The van der Waals surface area contributed by atoms with Crippen molar-refractivity contribution in [2.75, 3.05) is 0 Å². The largest absolute Gasteiger partial charge is 0.0622 e. The molecule has 2 rings (SSSR count). The van der Waals surface area contributed by atoms with E-state index in [0.29, 0.717) is 0 Å². The van der Waals surface area contributed by atoms with Gasteiger partial charge >= 0.3 is 0 Å². The minimum Gasteiger partial charge on any atom is -0.0622 e. The van der Waals surface area contributed by atoms with Gasteiger partial charge in [0.1, 0.15) is 0 Å². The third-order valence-corrected chi connectivity index (χ3v) is 2.66. The zero-order chi connectivity index (χ0) is 11.2. The molecule has 0 amide bonds. The van der Waals surface area contributed by atoms with E-state index in [1.165, 1.54) is 16.7 Å². The lowest BCUT2D eigenvalue weighted by molar-refractivity contribution is 1.14. The van der Waals surface area contributed by atoms with E-state index in [-0.39, 0.29) is 0 Å². The Morgan fingerprint density at radius 3 is 1.88 bits per heavy atom. The normalized spacial score (nSPS) is 10.8. The van der Waals surface area contributed by atoms with Crippen LogP contribution in [-0.2, 0) is 6.42 Å². The summed E-state index contributed by atoms with van der Waals surface area (Å²) in [5, 5.41) is 0. The first-order chi connectivity index (χ1) is 7.88. The fraction of sp³-hybridized carbons (Fsp3) is 0.125. The summed E-state index contributed by atoms with van der Waals surface area (Å²) in [4.78, 5) is 0.